The lowest BCUT2D eigenvalue weighted by atomic mass is 9.96. The first kappa shape index (κ1) is 18.2. The zero-order valence-corrected chi connectivity index (χ0v) is 17.1. The maximum absolute atomic E-state index is 13.2. The number of quaternary nitrogens is 1. The van der Waals surface area contributed by atoms with Crippen molar-refractivity contribution in [3.05, 3.63) is 44.8 Å². The van der Waals surface area contributed by atoms with Crippen molar-refractivity contribution >= 4 is 28.6 Å². The minimum atomic E-state index is -1.70. The van der Waals surface area contributed by atoms with Crippen LogP contribution in [-0.4, -0.2) is 48.8 Å². The van der Waals surface area contributed by atoms with E-state index in [-0.39, 0.29) is 6.10 Å². The first-order chi connectivity index (χ1) is 12.3. The highest BCUT2D eigenvalue weighted by atomic mass is 32.1. The Hall–Kier alpha value is -1.21. The number of ether oxygens (including phenoxy) is 1. The summed E-state index contributed by atoms with van der Waals surface area (Å²) in [5.41, 5.74) is -1.70. The van der Waals surface area contributed by atoms with Crippen molar-refractivity contribution in [2.75, 3.05) is 21.1 Å². The van der Waals surface area contributed by atoms with Gasteiger partial charge in [0, 0.05) is 11.8 Å². The molecular formula is C20H26NO3S2+. The lowest BCUT2D eigenvalue weighted by Gasteiger charge is -2.35. The molecule has 0 amide bonds. The molecule has 2 aliphatic carbocycles. The molecule has 4 nitrogen and oxygen atoms in total. The molecule has 26 heavy (non-hydrogen) atoms. The van der Waals surface area contributed by atoms with E-state index in [1.807, 2.05) is 22.9 Å². The molecule has 4 atom stereocenters. The molecule has 4 unspecified atom stereocenters. The predicted octanol–water partition coefficient (Wildman–Crippen LogP) is 3.46. The van der Waals surface area contributed by atoms with Crippen molar-refractivity contribution in [2.24, 2.45) is 11.8 Å². The second-order valence-electron chi connectivity index (χ2n) is 8.45. The van der Waals surface area contributed by atoms with Gasteiger partial charge in [-0.1, -0.05) is 12.1 Å². The summed E-state index contributed by atoms with van der Waals surface area (Å²) in [7, 11) is 6.69. The molecule has 140 valence electrons. The van der Waals surface area contributed by atoms with Gasteiger partial charge in [-0.25, -0.2) is 4.79 Å². The van der Waals surface area contributed by atoms with Crippen LogP contribution in [0.5, 0.6) is 0 Å². The molecule has 0 spiro atoms. The van der Waals surface area contributed by atoms with Crippen molar-refractivity contribution in [2.45, 2.75) is 37.0 Å². The third-order valence-electron chi connectivity index (χ3n) is 6.01. The SMILES string of the molecule is C[N+](C)(C)C1C2CCC1C(OC(=O)C(O)(c1cccs1)c1cccs1)C2. The molecule has 2 fully saturated rings. The van der Waals surface area contributed by atoms with Crippen molar-refractivity contribution in [1.82, 2.24) is 0 Å². The number of fused-ring (bicyclic) bond motifs is 2. The number of aliphatic hydroxyl groups is 1. The van der Waals surface area contributed by atoms with Gasteiger partial charge >= 0.3 is 5.97 Å². The van der Waals surface area contributed by atoms with Crippen molar-refractivity contribution in [3.8, 4) is 0 Å². The fourth-order valence-electron chi connectivity index (χ4n) is 5.09. The van der Waals surface area contributed by atoms with E-state index in [0.717, 1.165) is 17.3 Å². The Morgan fingerprint density at radius 2 is 1.77 bits per heavy atom. The van der Waals surface area contributed by atoms with E-state index < -0.39 is 11.6 Å². The standard InChI is InChI=1S/C20H26NO3S2/c1-21(2,3)18-13-8-9-14(18)15(12-13)24-19(22)20(23,16-6-4-10-25-16)17-7-5-11-26-17/h4-7,10-11,13-15,18,23H,8-9,12H2,1-3H3/q+1. The number of thiophene rings is 2. The normalized spacial score (nSPS) is 28.5. The van der Waals surface area contributed by atoms with Crippen LogP contribution in [0.2, 0.25) is 0 Å². The molecule has 0 aromatic carbocycles. The summed E-state index contributed by atoms with van der Waals surface area (Å²) in [6, 6.07) is 7.86. The average molecular weight is 393 g/mol. The number of carbonyl (C=O) groups excluding carboxylic acids is 1. The molecule has 2 aromatic rings. The summed E-state index contributed by atoms with van der Waals surface area (Å²) in [6.45, 7) is 0. The summed E-state index contributed by atoms with van der Waals surface area (Å²) in [6.07, 6.45) is 3.16. The van der Waals surface area contributed by atoms with E-state index >= 15 is 0 Å². The number of rotatable bonds is 5. The predicted molar refractivity (Wildman–Crippen MR) is 104 cm³/mol. The first-order valence-electron chi connectivity index (χ1n) is 9.14. The quantitative estimate of drug-likeness (QED) is 0.626. The third-order valence-corrected chi connectivity index (χ3v) is 7.97. The molecule has 2 heterocycles. The zero-order chi connectivity index (χ0) is 18.5. The lowest BCUT2D eigenvalue weighted by molar-refractivity contribution is -0.900. The van der Waals surface area contributed by atoms with Crippen LogP contribution < -0.4 is 0 Å². The summed E-state index contributed by atoms with van der Waals surface area (Å²) in [5.74, 6) is 0.467. The van der Waals surface area contributed by atoms with Gasteiger partial charge in [0.25, 0.3) is 0 Å². The van der Waals surface area contributed by atoms with E-state index in [1.165, 1.54) is 29.1 Å². The largest absolute Gasteiger partial charge is 0.459 e. The van der Waals surface area contributed by atoms with Gasteiger partial charge < -0.3 is 14.3 Å². The smallest absolute Gasteiger partial charge is 0.349 e. The number of carbonyl (C=O) groups is 1. The van der Waals surface area contributed by atoms with E-state index in [9.17, 15) is 9.90 Å². The van der Waals surface area contributed by atoms with Crippen LogP contribution in [0.3, 0.4) is 0 Å². The van der Waals surface area contributed by atoms with E-state index in [1.54, 1.807) is 12.1 Å². The Morgan fingerprint density at radius 3 is 2.23 bits per heavy atom. The summed E-state index contributed by atoms with van der Waals surface area (Å²) >= 11 is 2.77. The lowest BCUT2D eigenvalue weighted by Crippen LogP contribution is -2.49. The van der Waals surface area contributed by atoms with Crippen LogP contribution in [0.25, 0.3) is 0 Å². The maximum atomic E-state index is 13.2. The third kappa shape index (κ3) is 2.83. The van der Waals surface area contributed by atoms with Gasteiger partial charge in [0.05, 0.1) is 36.9 Å². The highest BCUT2D eigenvalue weighted by molar-refractivity contribution is 7.12. The highest BCUT2D eigenvalue weighted by Crippen LogP contribution is 2.50. The Kier molecular flexibility index (Phi) is 4.50. The van der Waals surface area contributed by atoms with Gasteiger partial charge in [-0.05, 0) is 42.2 Å². The van der Waals surface area contributed by atoms with Crippen LogP contribution in [0, 0.1) is 11.8 Å². The molecule has 2 bridgehead atoms. The average Bonchev–Trinajstić information content (AvgIpc) is 3.36. The Bertz CT molecular complexity index is 729. The molecule has 1 N–H and O–H groups in total. The molecule has 2 saturated carbocycles. The van der Waals surface area contributed by atoms with Gasteiger partial charge in [0.15, 0.2) is 0 Å². The molecule has 0 aliphatic heterocycles. The number of hydrogen-bond acceptors (Lipinski definition) is 5. The maximum Gasteiger partial charge on any atom is 0.349 e. The zero-order valence-electron chi connectivity index (χ0n) is 15.4. The second kappa shape index (κ2) is 6.44. The van der Waals surface area contributed by atoms with Crippen molar-refractivity contribution in [3.63, 3.8) is 0 Å². The van der Waals surface area contributed by atoms with Crippen LogP contribution >= 0.6 is 22.7 Å². The molecule has 0 radical (unpaired) electrons. The van der Waals surface area contributed by atoms with Gasteiger partial charge in [-0.3, -0.25) is 0 Å². The van der Waals surface area contributed by atoms with Crippen molar-refractivity contribution in [1.29, 1.82) is 0 Å². The van der Waals surface area contributed by atoms with Gasteiger partial charge in [0.2, 0.25) is 5.60 Å². The van der Waals surface area contributed by atoms with Crippen LogP contribution in [0.1, 0.15) is 29.0 Å². The number of esters is 1. The van der Waals surface area contributed by atoms with Gasteiger partial charge in [-0.2, -0.15) is 0 Å². The van der Waals surface area contributed by atoms with Crippen LogP contribution in [-0.2, 0) is 15.1 Å². The molecule has 0 saturated heterocycles. The Labute approximate surface area is 162 Å². The molecule has 4 rings (SSSR count). The van der Waals surface area contributed by atoms with Gasteiger partial charge in [-0.15, -0.1) is 22.7 Å². The summed E-state index contributed by atoms with van der Waals surface area (Å²) in [4.78, 5) is 14.4. The minimum Gasteiger partial charge on any atom is -0.459 e. The minimum absolute atomic E-state index is 0.0879. The van der Waals surface area contributed by atoms with Crippen LogP contribution in [0.4, 0.5) is 0 Å². The van der Waals surface area contributed by atoms with Crippen LogP contribution in [0.15, 0.2) is 35.0 Å². The Balaban J connectivity index is 1.59. The molecule has 2 aromatic heterocycles. The van der Waals surface area contributed by atoms with E-state index in [2.05, 4.69) is 21.1 Å². The Morgan fingerprint density at radius 1 is 1.15 bits per heavy atom. The van der Waals surface area contributed by atoms with E-state index in [4.69, 9.17) is 4.74 Å². The molecule has 6 heteroatoms. The monoisotopic (exact) mass is 392 g/mol. The highest BCUT2D eigenvalue weighted by Gasteiger charge is 2.57. The van der Waals surface area contributed by atoms with Crippen molar-refractivity contribution < 1.29 is 19.1 Å². The van der Waals surface area contributed by atoms with Gasteiger partial charge in [0.1, 0.15) is 6.10 Å². The fraction of sp³-hybridized carbons (Fsp3) is 0.550. The van der Waals surface area contributed by atoms with E-state index in [0.29, 0.717) is 27.6 Å². The second-order valence-corrected chi connectivity index (χ2v) is 10.3. The fourth-order valence-corrected chi connectivity index (χ4v) is 6.80. The number of hydrogen-bond donors (Lipinski definition) is 1. The topological polar surface area (TPSA) is 46.5 Å². The summed E-state index contributed by atoms with van der Waals surface area (Å²) < 4.78 is 6.90. The first-order valence-corrected chi connectivity index (χ1v) is 10.9. The molecular weight excluding hydrogens is 366 g/mol. The molecule has 2 aliphatic rings. The summed E-state index contributed by atoms with van der Waals surface area (Å²) in [5, 5.41) is 15.2. The number of nitrogens with zero attached hydrogens (tertiary/aromatic N) is 1.